The van der Waals surface area contributed by atoms with E-state index in [9.17, 15) is 0 Å². The average molecular weight is 247 g/mol. The van der Waals surface area contributed by atoms with Crippen LogP contribution in [0.5, 0.6) is 0 Å². The van der Waals surface area contributed by atoms with Crippen molar-refractivity contribution in [3.8, 4) is 0 Å². The molecule has 2 saturated carbocycles. The van der Waals surface area contributed by atoms with Gasteiger partial charge in [0.05, 0.1) is 6.04 Å². The minimum atomic E-state index is 0.304. The van der Waals surface area contributed by atoms with Crippen molar-refractivity contribution in [1.82, 2.24) is 0 Å². The predicted octanol–water partition coefficient (Wildman–Crippen LogP) is 4.56. The first-order valence-electron chi connectivity index (χ1n) is 7.54. The number of aliphatic imine (C=N–C) groups is 1. The standard InChI is InChI=1S/C17H29N/c1-14(2)10-9-11-13(17(7,8)15(11,3)4)18-12(10)16(14,5)6/h10-12H,9H2,1-8H3. The summed E-state index contributed by atoms with van der Waals surface area (Å²) in [5.74, 6) is 1.54. The summed E-state index contributed by atoms with van der Waals surface area (Å²) in [6, 6.07) is 0.578. The summed E-state index contributed by atoms with van der Waals surface area (Å²) in [7, 11) is 0. The number of hydrogen-bond acceptors (Lipinski definition) is 1. The van der Waals surface area contributed by atoms with Gasteiger partial charge in [-0.15, -0.1) is 0 Å². The molecule has 2 aliphatic carbocycles. The SMILES string of the molecule is CC1(C)C2=NC3C(CC2C1(C)C)C(C)(C)C3(C)C. The van der Waals surface area contributed by atoms with E-state index in [0.29, 0.717) is 27.7 Å². The van der Waals surface area contributed by atoms with Crippen molar-refractivity contribution < 1.29 is 0 Å². The molecule has 1 nitrogen and oxygen atoms in total. The highest BCUT2D eigenvalue weighted by Crippen LogP contribution is 2.70. The maximum atomic E-state index is 5.23. The van der Waals surface area contributed by atoms with Crippen molar-refractivity contribution in [3.63, 3.8) is 0 Å². The van der Waals surface area contributed by atoms with Crippen LogP contribution in [0.3, 0.4) is 0 Å². The molecule has 0 spiro atoms. The Morgan fingerprint density at radius 2 is 1.39 bits per heavy atom. The van der Waals surface area contributed by atoms with Gasteiger partial charge in [-0.3, -0.25) is 4.99 Å². The van der Waals surface area contributed by atoms with Crippen LogP contribution in [-0.2, 0) is 0 Å². The van der Waals surface area contributed by atoms with Gasteiger partial charge in [0.15, 0.2) is 0 Å². The zero-order chi connectivity index (χ0) is 13.7. The topological polar surface area (TPSA) is 12.4 Å². The molecule has 2 fully saturated rings. The Labute approximate surface area is 112 Å². The molecule has 3 rings (SSSR count). The lowest BCUT2D eigenvalue weighted by atomic mass is 9.36. The van der Waals surface area contributed by atoms with E-state index in [-0.39, 0.29) is 0 Å². The molecule has 102 valence electrons. The van der Waals surface area contributed by atoms with Gasteiger partial charge in [-0.25, -0.2) is 0 Å². The van der Waals surface area contributed by atoms with Crippen LogP contribution in [-0.4, -0.2) is 11.8 Å². The number of rotatable bonds is 0. The second-order valence-electron chi connectivity index (χ2n) is 9.14. The van der Waals surface area contributed by atoms with Gasteiger partial charge in [-0.1, -0.05) is 55.4 Å². The summed E-state index contributed by atoms with van der Waals surface area (Å²) < 4.78 is 0. The molecule has 3 atom stereocenters. The molecule has 1 aliphatic heterocycles. The molecular formula is C17H29N. The molecule has 0 amide bonds. The lowest BCUT2D eigenvalue weighted by Crippen LogP contribution is -2.71. The number of fused-ring (bicyclic) bond motifs is 2. The number of hydrogen-bond donors (Lipinski definition) is 0. The second-order valence-corrected chi connectivity index (χ2v) is 9.14. The Morgan fingerprint density at radius 3 is 1.94 bits per heavy atom. The molecule has 0 aromatic rings. The van der Waals surface area contributed by atoms with Crippen LogP contribution in [0.15, 0.2) is 4.99 Å². The Kier molecular flexibility index (Phi) is 2.03. The fraction of sp³-hybridized carbons (Fsp3) is 0.941. The van der Waals surface area contributed by atoms with Gasteiger partial charge >= 0.3 is 0 Å². The first kappa shape index (κ1) is 12.7. The van der Waals surface area contributed by atoms with E-state index >= 15 is 0 Å². The van der Waals surface area contributed by atoms with Gasteiger partial charge in [0.2, 0.25) is 0 Å². The van der Waals surface area contributed by atoms with Crippen molar-refractivity contribution in [2.75, 3.05) is 0 Å². The van der Waals surface area contributed by atoms with Crippen molar-refractivity contribution >= 4 is 5.71 Å². The summed E-state index contributed by atoms with van der Waals surface area (Å²) in [4.78, 5) is 5.23. The third kappa shape index (κ3) is 1.01. The maximum absolute atomic E-state index is 5.23. The summed E-state index contributed by atoms with van der Waals surface area (Å²) in [5, 5.41) is 0. The predicted molar refractivity (Wildman–Crippen MR) is 77.9 cm³/mol. The van der Waals surface area contributed by atoms with Gasteiger partial charge in [0.1, 0.15) is 0 Å². The lowest BCUT2D eigenvalue weighted by Gasteiger charge is -2.71. The van der Waals surface area contributed by atoms with Gasteiger partial charge in [0.25, 0.3) is 0 Å². The summed E-state index contributed by atoms with van der Waals surface area (Å²) in [5.41, 5.74) is 3.07. The monoisotopic (exact) mass is 247 g/mol. The average Bonchev–Trinajstić information content (AvgIpc) is 2.26. The molecule has 0 aromatic heterocycles. The molecule has 1 heterocycles. The Balaban J connectivity index is 2.01. The molecule has 3 unspecified atom stereocenters. The van der Waals surface area contributed by atoms with E-state index in [1.165, 1.54) is 12.1 Å². The van der Waals surface area contributed by atoms with E-state index in [0.717, 1.165) is 11.8 Å². The van der Waals surface area contributed by atoms with Gasteiger partial charge in [0, 0.05) is 17.0 Å². The molecule has 0 N–H and O–H groups in total. The third-order valence-corrected chi connectivity index (χ3v) is 7.93. The van der Waals surface area contributed by atoms with Crippen molar-refractivity contribution in [3.05, 3.63) is 0 Å². The molecule has 0 aromatic carbocycles. The van der Waals surface area contributed by atoms with E-state index in [1.54, 1.807) is 0 Å². The van der Waals surface area contributed by atoms with Crippen LogP contribution in [0, 0.1) is 33.5 Å². The van der Waals surface area contributed by atoms with E-state index in [2.05, 4.69) is 55.4 Å². The normalized spacial score (nSPS) is 44.9. The van der Waals surface area contributed by atoms with E-state index in [1.807, 2.05) is 0 Å². The van der Waals surface area contributed by atoms with E-state index < -0.39 is 0 Å². The van der Waals surface area contributed by atoms with Gasteiger partial charge < -0.3 is 0 Å². The van der Waals surface area contributed by atoms with Crippen LogP contribution in [0.4, 0.5) is 0 Å². The highest BCUT2D eigenvalue weighted by Gasteiger charge is 2.69. The smallest absolute Gasteiger partial charge is 0.0589 e. The summed E-state index contributed by atoms with van der Waals surface area (Å²) >= 11 is 0. The highest BCUT2D eigenvalue weighted by atomic mass is 15.0. The quantitative estimate of drug-likeness (QED) is 0.595. The third-order valence-electron chi connectivity index (χ3n) is 7.93. The minimum absolute atomic E-state index is 0.304. The summed E-state index contributed by atoms with van der Waals surface area (Å²) in [6.07, 6.45) is 1.37. The van der Waals surface area contributed by atoms with E-state index in [4.69, 9.17) is 4.99 Å². The zero-order valence-corrected chi connectivity index (χ0v) is 13.4. The Bertz CT molecular complexity index is 437. The van der Waals surface area contributed by atoms with Crippen LogP contribution < -0.4 is 0 Å². The molecule has 0 radical (unpaired) electrons. The maximum Gasteiger partial charge on any atom is 0.0589 e. The largest absolute Gasteiger partial charge is 0.289 e. The Morgan fingerprint density at radius 1 is 0.833 bits per heavy atom. The van der Waals surface area contributed by atoms with Crippen LogP contribution in [0.1, 0.15) is 61.8 Å². The minimum Gasteiger partial charge on any atom is -0.289 e. The van der Waals surface area contributed by atoms with Crippen molar-refractivity contribution in [2.24, 2.45) is 38.5 Å². The first-order valence-corrected chi connectivity index (χ1v) is 7.54. The van der Waals surface area contributed by atoms with Crippen LogP contribution >= 0.6 is 0 Å². The van der Waals surface area contributed by atoms with Crippen molar-refractivity contribution in [1.29, 1.82) is 0 Å². The second kappa shape index (κ2) is 2.88. The van der Waals surface area contributed by atoms with Crippen LogP contribution in [0.2, 0.25) is 0 Å². The highest BCUT2D eigenvalue weighted by molar-refractivity contribution is 6.00. The number of nitrogens with zero attached hydrogens (tertiary/aromatic N) is 1. The van der Waals surface area contributed by atoms with Gasteiger partial charge in [-0.05, 0) is 28.6 Å². The van der Waals surface area contributed by atoms with Crippen LogP contribution in [0.25, 0.3) is 0 Å². The fourth-order valence-corrected chi connectivity index (χ4v) is 4.86. The molecular weight excluding hydrogens is 218 g/mol. The molecule has 0 bridgehead atoms. The zero-order valence-electron chi connectivity index (χ0n) is 13.4. The first-order chi connectivity index (χ1) is 7.95. The summed E-state index contributed by atoms with van der Waals surface area (Å²) in [6.45, 7) is 19.4. The Hall–Kier alpha value is -0.330. The van der Waals surface area contributed by atoms with Gasteiger partial charge in [-0.2, -0.15) is 0 Å². The lowest BCUT2D eigenvalue weighted by molar-refractivity contribution is -0.148. The molecule has 0 saturated heterocycles. The molecule has 1 heteroatoms. The van der Waals surface area contributed by atoms with Crippen molar-refractivity contribution in [2.45, 2.75) is 67.9 Å². The fourth-order valence-electron chi connectivity index (χ4n) is 4.86. The molecule has 18 heavy (non-hydrogen) atoms. The molecule has 3 aliphatic rings.